The Kier molecular flexibility index (Phi) is 6.42. The van der Waals surface area contributed by atoms with E-state index in [-0.39, 0.29) is 5.91 Å². The molecule has 1 aromatic rings. The molecule has 96 valence electrons. The summed E-state index contributed by atoms with van der Waals surface area (Å²) in [5.74, 6) is 5.68. The predicted octanol–water partition coefficient (Wildman–Crippen LogP) is 2.65. The van der Waals surface area contributed by atoms with Gasteiger partial charge in [-0.2, -0.15) is 0 Å². The first-order chi connectivity index (χ1) is 8.79. The minimum absolute atomic E-state index is 0.0490. The van der Waals surface area contributed by atoms with Gasteiger partial charge in [-0.1, -0.05) is 19.1 Å². The van der Waals surface area contributed by atoms with Crippen molar-refractivity contribution in [3.63, 3.8) is 0 Å². The van der Waals surface area contributed by atoms with Gasteiger partial charge in [0.15, 0.2) is 0 Å². The number of carbonyl (C=O) groups is 1. The minimum Gasteiger partial charge on any atom is -0.384 e. The zero-order valence-electron chi connectivity index (χ0n) is 11.0. The Balaban J connectivity index is 2.62. The van der Waals surface area contributed by atoms with Crippen LogP contribution < -0.4 is 10.6 Å². The van der Waals surface area contributed by atoms with Gasteiger partial charge < -0.3 is 10.6 Å². The molecule has 18 heavy (non-hydrogen) atoms. The second-order valence-electron chi connectivity index (χ2n) is 3.91. The molecule has 1 rings (SSSR count). The lowest BCUT2D eigenvalue weighted by molar-refractivity contribution is 0.0955. The maximum absolute atomic E-state index is 12.0. The predicted molar refractivity (Wildman–Crippen MR) is 75.6 cm³/mol. The summed E-state index contributed by atoms with van der Waals surface area (Å²) < 4.78 is 0. The second kappa shape index (κ2) is 8.19. The molecule has 1 aromatic carbocycles. The Labute approximate surface area is 109 Å². The van der Waals surface area contributed by atoms with Crippen LogP contribution in [-0.2, 0) is 0 Å². The molecule has 0 saturated carbocycles. The minimum atomic E-state index is -0.0490. The van der Waals surface area contributed by atoms with E-state index in [1.807, 2.05) is 24.3 Å². The van der Waals surface area contributed by atoms with Crippen molar-refractivity contribution in [1.82, 2.24) is 5.32 Å². The summed E-state index contributed by atoms with van der Waals surface area (Å²) in [4.78, 5) is 12.0. The van der Waals surface area contributed by atoms with Crippen molar-refractivity contribution in [2.45, 2.75) is 26.7 Å². The van der Waals surface area contributed by atoms with Crippen molar-refractivity contribution in [2.75, 3.05) is 18.4 Å². The first-order valence-corrected chi connectivity index (χ1v) is 6.30. The monoisotopic (exact) mass is 244 g/mol. The third-order valence-electron chi connectivity index (χ3n) is 2.45. The highest BCUT2D eigenvalue weighted by Crippen LogP contribution is 2.14. The number of hydrogen-bond acceptors (Lipinski definition) is 2. The first-order valence-electron chi connectivity index (χ1n) is 6.30. The Hall–Kier alpha value is -1.95. The standard InChI is InChI=1S/C15H20N2O/c1-3-5-8-12-17-15(18)13-9-6-7-10-14(13)16-11-4-2/h6-7,9-10,16H,4,8,11-12H2,1-2H3,(H,17,18). The summed E-state index contributed by atoms with van der Waals surface area (Å²) >= 11 is 0. The third-order valence-corrected chi connectivity index (χ3v) is 2.45. The van der Waals surface area contributed by atoms with Gasteiger partial charge >= 0.3 is 0 Å². The van der Waals surface area contributed by atoms with Crippen LogP contribution in [0, 0.1) is 11.8 Å². The average Bonchev–Trinajstić information content (AvgIpc) is 2.41. The van der Waals surface area contributed by atoms with Crippen LogP contribution in [0.5, 0.6) is 0 Å². The molecule has 0 spiro atoms. The Morgan fingerprint density at radius 1 is 1.28 bits per heavy atom. The van der Waals surface area contributed by atoms with Gasteiger partial charge in [-0.15, -0.1) is 11.8 Å². The van der Waals surface area contributed by atoms with E-state index in [9.17, 15) is 4.79 Å². The molecule has 3 nitrogen and oxygen atoms in total. The van der Waals surface area contributed by atoms with Gasteiger partial charge in [-0.25, -0.2) is 0 Å². The highest BCUT2D eigenvalue weighted by Gasteiger charge is 2.09. The van der Waals surface area contributed by atoms with Gasteiger partial charge in [-0.3, -0.25) is 4.79 Å². The topological polar surface area (TPSA) is 41.1 Å². The van der Waals surface area contributed by atoms with E-state index in [1.54, 1.807) is 6.92 Å². The number of nitrogens with one attached hydrogen (secondary N) is 2. The summed E-state index contributed by atoms with van der Waals surface area (Å²) in [6.07, 6.45) is 1.72. The van der Waals surface area contributed by atoms with Gasteiger partial charge in [0, 0.05) is 25.2 Å². The molecule has 0 aromatic heterocycles. The maximum Gasteiger partial charge on any atom is 0.253 e. The lowest BCUT2D eigenvalue weighted by Crippen LogP contribution is -2.25. The maximum atomic E-state index is 12.0. The summed E-state index contributed by atoms with van der Waals surface area (Å²) in [6, 6.07) is 7.56. The zero-order valence-corrected chi connectivity index (χ0v) is 11.0. The fourth-order valence-electron chi connectivity index (χ4n) is 1.55. The van der Waals surface area contributed by atoms with Gasteiger partial charge in [0.25, 0.3) is 5.91 Å². The summed E-state index contributed by atoms with van der Waals surface area (Å²) in [5.41, 5.74) is 1.58. The fraction of sp³-hybridized carbons (Fsp3) is 0.400. The zero-order chi connectivity index (χ0) is 13.2. The lowest BCUT2D eigenvalue weighted by Gasteiger charge is -2.11. The van der Waals surface area contributed by atoms with E-state index in [0.717, 1.165) is 18.7 Å². The van der Waals surface area contributed by atoms with Crippen molar-refractivity contribution in [3.8, 4) is 11.8 Å². The molecule has 1 amide bonds. The van der Waals surface area contributed by atoms with Crippen LogP contribution >= 0.6 is 0 Å². The van der Waals surface area contributed by atoms with Crippen LogP contribution in [0.15, 0.2) is 24.3 Å². The molecule has 0 heterocycles. The van der Waals surface area contributed by atoms with E-state index in [1.165, 1.54) is 0 Å². The Morgan fingerprint density at radius 3 is 2.78 bits per heavy atom. The number of amides is 1. The van der Waals surface area contributed by atoms with Gasteiger partial charge in [-0.05, 0) is 25.5 Å². The van der Waals surface area contributed by atoms with Gasteiger partial charge in [0.1, 0.15) is 0 Å². The van der Waals surface area contributed by atoms with Crippen LogP contribution in [0.4, 0.5) is 5.69 Å². The quantitative estimate of drug-likeness (QED) is 0.596. The van der Waals surface area contributed by atoms with Crippen LogP contribution in [0.2, 0.25) is 0 Å². The molecule has 0 radical (unpaired) electrons. The smallest absolute Gasteiger partial charge is 0.253 e. The molecule has 2 N–H and O–H groups in total. The van der Waals surface area contributed by atoms with Crippen molar-refractivity contribution >= 4 is 11.6 Å². The molecule has 0 bridgehead atoms. The fourth-order valence-corrected chi connectivity index (χ4v) is 1.55. The number of benzene rings is 1. The Bertz CT molecular complexity index is 443. The molecule has 3 heteroatoms. The van der Waals surface area contributed by atoms with E-state index < -0.39 is 0 Å². The molecule has 0 aliphatic rings. The lowest BCUT2D eigenvalue weighted by atomic mass is 10.1. The Morgan fingerprint density at radius 2 is 2.06 bits per heavy atom. The normalized spacial score (nSPS) is 9.22. The number of anilines is 1. The highest BCUT2D eigenvalue weighted by atomic mass is 16.1. The van der Waals surface area contributed by atoms with Gasteiger partial charge in [0.2, 0.25) is 0 Å². The molecular weight excluding hydrogens is 224 g/mol. The molecule has 0 atom stereocenters. The van der Waals surface area contributed by atoms with Crippen molar-refractivity contribution in [1.29, 1.82) is 0 Å². The largest absolute Gasteiger partial charge is 0.384 e. The number of hydrogen-bond donors (Lipinski definition) is 2. The summed E-state index contributed by atoms with van der Waals surface area (Å²) in [7, 11) is 0. The summed E-state index contributed by atoms with van der Waals surface area (Å²) in [6.45, 7) is 5.35. The molecule has 0 aliphatic carbocycles. The number of rotatable bonds is 6. The molecule has 0 fully saturated rings. The van der Waals surface area contributed by atoms with E-state index in [4.69, 9.17) is 0 Å². The number of carbonyl (C=O) groups excluding carboxylic acids is 1. The van der Waals surface area contributed by atoms with Crippen LogP contribution in [-0.4, -0.2) is 19.0 Å². The third kappa shape index (κ3) is 4.50. The van der Waals surface area contributed by atoms with E-state index in [0.29, 0.717) is 18.5 Å². The van der Waals surface area contributed by atoms with Crippen LogP contribution in [0.1, 0.15) is 37.0 Å². The van der Waals surface area contributed by atoms with Crippen molar-refractivity contribution in [2.24, 2.45) is 0 Å². The van der Waals surface area contributed by atoms with Crippen molar-refractivity contribution < 1.29 is 4.79 Å². The highest BCUT2D eigenvalue weighted by molar-refractivity contribution is 5.99. The van der Waals surface area contributed by atoms with Crippen molar-refractivity contribution in [3.05, 3.63) is 29.8 Å². The van der Waals surface area contributed by atoms with E-state index in [2.05, 4.69) is 29.4 Å². The molecule has 0 aliphatic heterocycles. The molecule has 0 unspecified atom stereocenters. The molecule has 0 saturated heterocycles. The first kappa shape index (κ1) is 14.1. The summed E-state index contributed by atoms with van der Waals surface area (Å²) in [5, 5.41) is 6.13. The second-order valence-corrected chi connectivity index (χ2v) is 3.91. The van der Waals surface area contributed by atoms with Crippen LogP contribution in [0.25, 0.3) is 0 Å². The average molecular weight is 244 g/mol. The number of para-hydroxylation sites is 1. The van der Waals surface area contributed by atoms with E-state index >= 15 is 0 Å². The SMILES string of the molecule is CC#CCCNC(=O)c1ccccc1NCCC. The van der Waals surface area contributed by atoms with Crippen LogP contribution in [0.3, 0.4) is 0 Å². The van der Waals surface area contributed by atoms with Gasteiger partial charge in [0.05, 0.1) is 5.56 Å². The molecular formula is C15H20N2O.